The quantitative estimate of drug-likeness (QED) is 0.638. The molecule has 78 valence electrons. The van der Waals surface area contributed by atoms with Gasteiger partial charge >= 0.3 is 8.56 Å². The van der Waals surface area contributed by atoms with Gasteiger partial charge in [0, 0.05) is 19.8 Å². The number of hydrogen-bond acceptors (Lipinski definition) is 2. The van der Waals surface area contributed by atoms with E-state index in [2.05, 4.69) is 13.8 Å². The van der Waals surface area contributed by atoms with Gasteiger partial charge in [0.1, 0.15) is 0 Å². The average molecular weight is 202 g/mol. The highest BCUT2D eigenvalue weighted by Gasteiger charge is 2.47. The highest BCUT2D eigenvalue weighted by atomic mass is 28.4. The third kappa shape index (κ3) is 2.33. The minimum Gasteiger partial charge on any atom is -0.397 e. The lowest BCUT2D eigenvalue weighted by molar-refractivity contribution is 0.203. The normalized spacial score (nSPS) is 19.2. The second-order valence-corrected chi connectivity index (χ2v) is 8.11. The first-order chi connectivity index (χ1) is 6.14. The van der Waals surface area contributed by atoms with Crippen LogP contribution in [0.2, 0.25) is 11.6 Å². The van der Waals surface area contributed by atoms with E-state index in [-0.39, 0.29) is 0 Å². The summed E-state index contributed by atoms with van der Waals surface area (Å²) in [6.45, 7) is 4.50. The second-order valence-electron chi connectivity index (χ2n) is 4.45. The van der Waals surface area contributed by atoms with E-state index in [4.69, 9.17) is 8.85 Å². The first kappa shape index (κ1) is 11.2. The van der Waals surface area contributed by atoms with Crippen molar-refractivity contribution in [2.45, 2.75) is 44.7 Å². The molecule has 0 aliphatic heterocycles. The minimum atomic E-state index is -1.82. The smallest absolute Gasteiger partial charge is 0.341 e. The molecule has 0 saturated heterocycles. The Hall–Kier alpha value is 0.137. The van der Waals surface area contributed by atoms with Crippen molar-refractivity contribution in [3.05, 3.63) is 0 Å². The fourth-order valence-corrected chi connectivity index (χ4v) is 6.09. The molecular weight excluding hydrogens is 180 g/mol. The molecule has 0 amide bonds. The molecule has 3 heteroatoms. The van der Waals surface area contributed by atoms with Gasteiger partial charge in [0.15, 0.2) is 0 Å². The van der Waals surface area contributed by atoms with Gasteiger partial charge in [-0.15, -0.1) is 0 Å². The van der Waals surface area contributed by atoms with Gasteiger partial charge in [-0.25, -0.2) is 0 Å². The van der Waals surface area contributed by atoms with Crippen LogP contribution in [0.5, 0.6) is 0 Å². The van der Waals surface area contributed by atoms with Crippen molar-refractivity contribution in [2.24, 2.45) is 5.92 Å². The fraction of sp³-hybridized carbons (Fsp3) is 1.00. The van der Waals surface area contributed by atoms with Crippen molar-refractivity contribution < 1.29 is 8.85 Å². The number of rotatable bonds is 5. The second kappa shape index (κ2) is 4.58. The summed E-state index contributed by atoms with van der Waals surface area (Å²) in [6.07, 6.45) is 4.01. The largest absolute Gasteiger partial charge is 0.397 e. The predicted molar refractivity (Wildman–Crippen MR) is 57.0 cm³/mol. The third-order valence-electron chi connectivity index (χ3n) is 3.11. The molecule has 2 nitrogen and oxygen atoms in total. The van der Waals surface area contributed by atoms with Gasteiger partial charge in [-0.05, 0) is 24.8 Å². The van der Waals surface area contributed by atoms with Crippen LogP contribution >= 0.6 is 0 Å². The molecule has 0 aromatic carbocycles. The molecule has 0 bridgehead atoms. The summed E-state index contributed by atoms with van der Waals surface area (Å²) in [6, 6.07) is 1.14. The van der Waals surface area contributed by atoms with Crippen LogP contribution in [0.3, 0.4) is 0 Å². The Balaban J connectivity index is 2.59. The van der Waals surface area contributed by atoms with Gasteiger partial charge in [0.05, 0.1) is 0 Å². The monoisotopic (exact) mass is 202 g/mol. The number of hydrogen-bond donors (Lipinski definition) is 0. The molecule has 0 radical (unpaired) electrons. The summed E-state index contributed by atoms with van der Waals surface area (Å²) < 4.78 is 11.4. The van der Waals surface area contributed by atoms with E-state index in [9.17, 15) is 0 Å². The Labute approximate surface area is 82.9 Å². The summed E-state index contributed by atoms with van der Waals surface area (Å²) >= 11 is 0. The lowest BCUT2D eigenvalue weighted by Crippen LogP contribution is -2.48. The summed E-state index contributed by atoms with van der Waals surface area (Å²) in [5.74, 6) is 0.687. The first-order valence-corrected chi connectivity index (χ1v) is 7.35. The van der Waals surface area contributed by atoms with Gasteiger partial charge in [-0.1, -0.05) is 20.3 Å². The molecule has 13 heavy (non-hydrogen) atoms. The maximum atomic E-state index is 5.72. The van der Waals surface area contributed by atoms with Crippen LogP contribution < -0.4 is 0 Å². The highest BCUT2D eigenvalue weighted by molar-refractivity contribution is 6.69. The SMILES string of the molecule is CO[Si](CC(C)C)(OC)C1CCC1. The molecule has 0 spiro atoms. The van der Waals surface area contributed by atoms with E-state index in [1.807, 2.05) is 14.2 Å². The molecule has 1 saturated carbocycles. The van der Waals surface area contributed by atoms with Gasteiger partial charge in [-0.2, -0.15) is 0 Å². The zero-order valence-corrected chi connectivity index (χ0v) is 10.3. The van der Waals surface area contributed by atoms with Gasteiger partial charge in [0.2, 0.25) is 0 Å². The van der Waals surface area contributed by atoms with Crippen LogP contribution in [0.4, 0.5) is 0 Å². The van der Waals surface area contributed by atoms with Crippen molar-refractivity contribution in [2.75, 3.05) is 14.2 Å². The molecule has 1 fully saturated rings. The third-order valence-corrected chi connectivity index (χ3v) is 7.70. The standard InChI is InChI=1S/C10H22O2Si/c1-9(2)8-13(11-3,12-4)10-6-5-7-10/h9-10H,5-8H2,1-4H3. The van der Waals surface area contributed by atoms with Gasteiger partial charge in [0.25, 0.3) is 0 Å². The Morgan fingerprint density at radius 1 is 1.23 bits per heavy atom. The van der Waals surface area contributed by atoms with Crippen molar-refractivity contribution in [1.29, 1.82) is 0 Å². The summed E-state index contributed by atoms with van der Waals surface area (Å²) in [7, 11) is 1.84. The summed E-state index contributed by atoms with van der Waals surface area (Å²) in [5, 5.41) is 0. The first-order valence-electron chi connectivity index (χ1n) is 5.25. The predicted octanol–water partition coefficient (Wildman–Crippen LogP) is 2.93. The fourth-order valence-electron chi connectivity index (χ4n) is 2.17. The molecule has 1 aliphatic rings. The zero-order chi connectivity index (χ0) is 9.90. The Bertz CT molecular complexity index is 151. The van der Waals surface area contributed by atoms with E-state index in [1.165, 1.54) is 19.3 Å². The van der Waals surface area contributed by atoms with E-state index >= 15 is 0 Å². The Kier molecular flexibility index (Phi) is 3.95. The lowest BCUT2D eigenvalue weighted by Gasteiger charge is -2.41. The zero-order valence-electron chi connectivity index (χ0n) is 9.30. The topological polar surface area (TPSA) is 18.5 Å². The van der Waals surface area contributed by atoms with Crippen LogP contribution in [0.15, 0.2) is 0 Å². The van der Waals surface area contributed by atoms with Crippen molar-refractivity contribution in [1.82, 2.24) is 0 Å². The van der Waals surface area contributed by atoms with E-state index < -0.39 is 8.56 Å². The molecule has 0 unspecified atom stereocenters. The average Bonchev–Trinajstić information content (AvgIpc) is 1.99. The summed E-state index contributed by atoms with van der Waals surface area (Å²) in [4.78, 5) is 0. The van der Waals surface area contributed by atoms with Crippen LogP contribution in [0.25, 0.3) is 0 Å². The Morgan fingerprint density at radius 2 is 1.77 bits per heavy atom. The molecule has 0 aromatic heterocycles. The van der Waals surface area contributed by atoms with Gasteiger partial charge in [-0.3, -0.25) is 0 Å². The molecule has 0 atom stereocenters. The Morgan fingerprint density at radius 3 is 2.00 bits per heavy atom. The maximum absolute atomic E-state index is 5.72. The minimum absolute atomic E-state index is 0.687. The van der Waals surface area contributed by atoms with E-state index in [0.717, 1.165) is 11.6 Å². The highest BCUT2D eigenvalue weighted by Crippen LogP contribution is 2.44. The molecule has 1 aliphatic carbocycles. The van der Waals surface area contributed by atoms with Crippen molar-refractivity contribution in [3.8, 4) is 0 Å². The van der Waals surface area contributed by atoms with Crippen LogP contribution in [0.1, 0.15) is 33.1 Å². The van der Waals surface area contributed by atoms with Crippen LogP contribution in [0, 0.1) is 5.92 Å². The van der Waals surface area contributed by atoms with Crippen molar-refractivity contribution in [3.63, 3.8) is 0 Å². The van der Waals surface area contributed by atoms with E-state index in [1.54, 1.807) is 0 Å². The lowest BCUT2D eigenvalue weighted by atomic mass is 10.00. The van der Waals surface area contributed by atoms with Crippen LogP contribution in [-0.4, -0.2) is 22.8 Å². The molecule has 0 aromatic rings. The van der Waals surface area contributed by atoms with Gasteiger partial charge < -0.3 is 8.85 Å². The molecular formula is C10H22O2Si. The van der Waals surface area contributed by atoms with Crippen molar-refractivity contribution >= 4 is 8.56 Å². The molecule has 0 heterocycles. The van der Waals surface area contributed by atoms with Crippen LogP contribution in [-0.2, 0) is 8.85 Å². The molecule has 0 N–H and O–H groups in total. The summed E-state index contributed by atoms with van der Waals surface area (Å²) in [5.41, 5.74) is 0.755. The van der Waals surface area contributed by atoms with E-state index in [0.29, 0.717) is 5.92 Å². The molecule has 1 rings (SSSR count). The maximum Gasteiger partial charge on any atom is 0.341 e.